The lowest BCUT2D eigenvalue weighted by Crippen LogP contribution is -2.43. The van der Waals surface area contributed by atoms with Gasteiger partial charge < -0.3 is 11.5 Å². The van der Waals surface area contributed by atoms with E-state index >= 15 is 0 Å². The number of carbonyl (C=O) groups excluding carboxylic acids is 1. The fourth-order valence-corrected chi connectivity index (χ4v) is 4.23. The van der Waals surface area contributed by atoms with E-state index in [1.54, 1.807) is 39.8 Å². The Morgan fingerprint density at radius 3 is 2.05 bits per heavy atom. The predicted octanol–water partition coefficient (Wildman–Crippen LogP) is 0.770. The Morgan fingerprint density at radius 2 is 1.70 bits per heavy atom. The number of aryl methyl sites for hydroxylation is 2. The van der Waals surface area contributed by atoms with Gasteiger partial charge in [0.25, 0.3) is 0 Å². The molecule has 0 saturated carbocycles. The summed E-state index contributed by atoms with van der Waals surface area (Å²) in [6, 6.07) is 2.83. The van der Waals surface area contributed by atoms with E-state index in [0.717, 1.165) is 4.31 Å². The summed E-state index contributed by atoms with van der Waals surface area (Å²) < 4.78 is 26.6. The molecule has 0 bridgehead atoms. The van der Waals surface area contributed by atoms with E-state index in [-0.39, 0.29) is 17.5 Å². The molecule has 6 nitrogen and oxygen atoms in total. The minimum Gasteiger partial charge on any atom is -0.399 e. The van der Waals surface area contributed by atoms with Gasteiger partial charge in [0.05, 0.1) is 11.4 Å². The average molecular weight is 299 g/mol. The molecule has 0 aliphatic rings. The summed E-state index contributed by atoms with van der Waals surface area (Å²) in [5.41, 5.74) is 12.5. The minimum absolute atomic E-state index is 0.182. The number of hydrogen-bond donors (Lipinski definition) is 2. The smallest absolute Gasteiger partial charge is 0.244 e. The van der Waals surface area contributed by atoms with Crippen LogP contribution in [0.3, 0.4) is 0 Å². The zero-order valence-corrected chi connectivity index (χ0v) is 13.0. The quantitative estimate of drug-likeness (QED) is 0.783. The summed E-state index contributed by atoms with van der Waals surface area (Å²) in [5.74, 6) is -0.687. The zero-order valence-electron chi connectivity index (χ0n) is 12.2. The molecule has 1 rings (SSSR count). The van der Waals surface area contributed by atoms with Crippen molar-refractivity contribution in [3.05, 3.63) is 23.3 Å². The van der Waals surface area contributed by atoms with E-state index in [2.05, 4.69) is 0 Å². The van der Waals surface area contributed by atoms with E-state index < -0.39 is 15.9 Å². The van der Waals surface area contributed by atoms with Crippen LogP contribution in [0.5, 0.6) is 0 Å². The van der Waals surface area contributed by atoms with Gasteiger partial charge in [-0.1, -0.05) is 0 Å². The van der Waals surface area contributed by atoms with E-state index in [9.17, 15) is 13.2 Å². The lowest BCUT2D eigenvalue weighted by atomic mass is 10.1. The van der Waals surface area contributed by atoms with Gasteiger partial charge in [0, 0.05) is 11.7 Å². The molecule has 4 N–H and O–H groups in total. The molecule has 7 heteroatoms. The highest BCUT2D eigenvalue weighted by Crippen LogP contribution is 2.27. The normalized spacial score (nSPS) is 12.1. The predicted molar refractivity (Wildman–Crippen MR) is 78.6 cm³/mol. The highest BCUT2D eigenvalue weighted by molar-refractivity contribution is 7.89. The Hall–Kier alpha value is -1.60. The Morgan fingerprint density at radius 1 is 1.25 bits per heavy atom. The lowest BCUT2D eigenvalue weighted by Gasteiger charge is -2.26. The van der Waals surface area contributed by atoms with Gasteiger partial charge in [0.1, 0.15) is 0 Å². The number of nitrogens with zero attached hydrogens (tertiary/aromatic N) is 1. The maximum absolute atomic E-state index is 12.7. The molecule has 0 aromatic heterocycles. The molecule has 0 heterocycles. The van der Waals surface area contributed by atoms with Crippen molar-refractivity contribution < 1.29 is 13.2 Å². The average Bonchev–Trinajstić information content (AvgIpc) is 2.22. The molecular weight excluding hydrogens is 278 g/mol. The highest BCUT2D eigenvalue weighted by Gasteiger charge is 2.31. The third-order valence-electron chi connectivity index (χ3n) is 2.94. The molecule has 0 atom stereocenters. The molecule has 0 unspecified atom stereocenters. The van der Waals surface area contributed by atoms with Crippen molar-refractivity contribution in [1.82, 2.24) is 4.31 Å². The first kappa shape index (κ1) is 16.5. The van der Waals surface area contributed by atoms with Crippen molar-refractivity contribution in [2.24, 2.45) is 5.73 Å². The van der Waals surface area contributed by atoms with E-state index in [4.69, 9.17) is 11.5 Å². The summed E-state index contributed by atoms with van der Waals surface area (Å²) in [7, 11) is -3.80. The molecule has 1 aromatic carbocycles. The molecule has 0 fully saturated rings. The Balaban J connectivity index is 3.45. The largest absolute Gasteiger partial charge is 0.399 e. The third-order valence-corrected chi connectivity index (χ3v) is 5.27. The Bertz CT molecular complexity index is 601. The van der Waals surface area contributed by atoms with Crippen molar-refractivity contribution in [3.63, 3.8) is 0 Å². The fourth-order valence-electron chi connectivity index (χ4n) is 2.21. The van der Waals surface area contributed by atoms with Gasteiger partial charge >= 0.3 is 0 Å². The maximum Gasteiger partial charge on any atom is 0.244 e. The van der Waals surface area contributed by atoms with Crippen LogP contribution in [0.15, 0.2) is 17.0 Å². The van der Waals surface area contributed by atoms with Crippen LogP contribution in [0.4, 0.5) is 5.69 Å². The number of primary amides is 1. The van der Waals surface area contributed by atoms with Crippen molar-refractivity contribution in [2.45, 2.75) is 38.6 Å². The second kappa shape index (κ2) is 5.80. The molecule has 0 radical (unpaired) electrons. The van der Waals surface area contributed by atoms with E-state index in [1.165, 1.54) is 0 Å². The fraction of sp³-hybridized carbons (Fsp3) is 0.462. The Kier molecular flexibility index (Phi) is 4.77. The van der Waals surface area contributed by atoms with Crippen LogP contribution in [0.25, 0.3) is 0 Å². The number of nitrogen functional groups attached to an aromatic ring is 1. The van der Waals surface area contributed by atoms with Gasteiger partial charge in [-0.25, -0.2) is 8.42 Å². The monoisotopic (exact) mass is 299 g/mol. The molecule has 1 aromatic rings. The molecule has 0 saturated heterocycles. The van der Waals surface area contributed by atoms with Crippen LogP contribution < -0.4 is 11.5 Å². The van der Waals surface area contributed by atoms with Crippen molar-refractivity contribution in [1.29, 1.82) is 0 Å². The van der Waals surface area contributed by atoms with E-state index in [0.29, 0.717) is 16.8 Å². The third kappa shape index (κ3) is 3.29. The standard InChI is InChI=1S/C13H21N3O3S/c1-8(2)16(7-12(15)17)20(18,19)13-9(3)5-11(14)6-10(13)4/h5-6,8H,7,14H2,1-4H3,(H2,15,17). The number of amides is 1. The maximum atomic E-state index is 12.7. The summed E-state index contributed by atoms with van der Waals surface area (Å²) in [4.78, 5) is 11.3. The molecule has 0 aliphatic carbocycles. The molecule has 1 amide bonds. The summed E-state index contributed by atoms with van der Waals surface area (Å²) in [5, 5.41) is 0. The number of hydrogen-bond acceptors (Lipinski definition) is 4. The van der Waals surface area contributed by atoms with Gasteiger partial charge in [-0.05, 0) is 51.0 Å². The van der Waals surface area contributed by atoms with Gasteiger partial charge in [0.2, 0.25) is 15.9 Å². The first-order chi connectivity index (χ1) is 9.07. The molecule has 0 aliphatic heterocycles. The van der Waals surface area contributed by atoms with Crippen LogP contribution in [0.2, 0.25) is 0 Å². The number of sulfonamides is 1. The van der Waals surface area contributed by atoms with Crippen molar-refractivity contribution >= 4 is 21.6 Å². The first-order valence-electron chi connectivity index (χ1n) is 6.24. The van der Waals surface area contributed by atoms with Crippen LogP contribution in [0, 0.1) is 13.8 Å². The second-order valence-electron chi connectivity index (χ2n) is 5.09. The van der Waals surface area contributed by atoms with Gasteiger partial charge in [0.15, 0.2) is 0 Å². The summed E-state index contributed by atoms with van der Waals surface area (Å²) in [6.45, 7) is 6.41. The van der Waals surface area contributed by atoms with Crippen LogP contribution in [-0.4, -0.2) is 31.2 Å². The van der Waals surface area contributed by atoms with E-state index in [1.807, 2.05) is 0 Å². The SMILES string of the molecule is Cc1cc(N)cc(C)c1S(=O)(=O)N(CC(N)=O)C(C)C. The lowest BCUT2D eigenvalue weighted by molar-refractivity contribution is -0.118. The van der Waals surface area contributed by atoms with Gasteiger partial charge in [-0.2, -0.15) is 4.31 Å². The highest BCUT2D eigenvalue weighted by atomic mass is 32.2. The minimum atomic E-state index is -3.80. The summed E-state index contributed by atoms with van der Waals surface area (Å²) in [6.07, 6.45) is 0. The van der Waals surface area contributed by atoms with Gasteiger partial charge in [-0.15, -0.1) is 0 Å². The van der Waals surface area contributed by atoms with Crippen LogP contribution >= 0.6 is 0 Å². The molecule has 0 spiro atoms. The van der Waals surface area contributed by atoms with Crippen molar-refractivity contribution in [3.8, 4) is 0 Å². The number of rotatable bonds is 5. The van der Waals surface area contributed by atoms with Crippen LogP contribution in [-0.2, 0) is 14.8 Å². The Labute approximate surface area is 119 Å². The molecular formula is C13H21N3O3S. The zero-order chi connectivity index (χ0) is 15.7. The topological polar surface area (TPSA) is 106 Å². The van der Waals surface area contributed by atoms with Crippen molar-refractivity contribution in [2.75, 3.05) is 12.3 Å². The molecule has 20 heavy (non-hydrogen) atoms. The number of benzene rings is 1. The molecule has 112 valence electrons. The first-order valence-corrected chi connectivity index (χ1v) is 7.68. The summed E-state index contributed by atoms with van der Waals surface area (Å²) >= 11 is 0. The number of anilines is 1. The second-order valence-corrected chi connectivity index (χ2v) is 6.92. The number of nitrogens with two attached hydrogens (primary N) is 2. The number of carbonyl (C=O) groups is 1. The van der Waals surface area contributed by atoms with Crippen LogP contribution in [0.1, 0.15) is 25.0 Å². The van der Waals surface area contributed by atoms with Gasteiger partial charge in [-0.3, -0.25) is 4.79 Å².